The number of thiophene rings is 1. The van der Waals surface area contributed by atoms with Gasteiger partial charge in [-0.1, -0.05) is 18.2 Å². The minimum atomic E-state index is -1.18. The lowest BCUT2D eigenvalue weighted by molar-refractivity contribution is -0.135. The highest BCUT2D eigenvalue weighted by Crippen LogP contribution is 2.41. The summed E-state index contributed by atoms with van der Waals surface area (Å²) < 4.78 is 6.34. The van der Waals surface area contributed by atoms with Crippen molar-refractivity contribution in [3.63, 3.8) is 0 Å². The minimum absolute atomic E-state index is 0.189. The Bertz CT molecular complexity index is 1270. The molecule has 0 saturated carbocycles. The van der Waals surface area contributed by atoms with Crippen molar-refractivity contribution >= 4 is 33.3 Å². The molecular formula is C23H18N2O5S. The number of carboxylic acid groups (broad SMARTS) is 1. The SMILES string of the molecule is Cc1nc(C(=O)NCC(=O)O)c(O)c2sc(-c3ccc(Oc4ccccc4)cc3)cc12. The number of nitrogens with one attached hydrogen (secondary N) is 1. The summed E-state index contributed by atoms with van der Waals surface area (Å²) in [5.74, 6) is -0.721. The summed E-state index contributed by atoms with van der Waals surface area (Å²) in [5.41, 5.74) is 1.31. The topological polar surface area (TPSA) is 109 Å². The number of carboxylic acids is 1. The molecule has 0 aliphatic heterocycles. The summed E-state index contributed by atoms with van der Waals surface area (Å²) >= 11 is 1.33. The van der Waals surface area contributed by atoms with Gasteiger partial charge < -0.3 is 20.3 Å². The normalized spacial score (nSPS) is 10.7. The van der Waals surface area contributed by atoms with E-state index in [2.05, 4.69) is 10.3 Å². The third-order valence-corrected chi connectivity index (χ3v) is 5.76. The molecule has 0 spiro atoms. The first-order chi connectivity index (χ1) is 14.9. The maximum absolute atomic E-state index is 12.2. The molecule has 0 aliphatic rings. The van der Waals surface area contributed by atoms with Gasteiger partial charge in [0.25, 0.3) is 5.91 Å². The molecule has 4 aromatic rings. The number of ether oxygens (including phenoxy) is 1. The number of aromatic hydroxyl groups is 1. The molecule has 156 valence electrons. The summed E-state index contributed by atoms with van der Waals surface area (Å²) in [6.07, 6.45) is 0. The van der Waals surface area contributed by atoms with E-state index in [0.717, 1.165) is 21.6 Å². The number of nitrogens with zero attached hydrogens (tertiary/aromatic N) is 1. The molecule has 1 amide bonds. The number of amides is 1. The Morgan fingerprint density at radius 3 is 2.42 bits per heavy atom. The Labute approximate surface area is 181 Å². The maximum atomic E-state index is 12.2. The van der Waals surface area contributed by atoms with Gasteiger partial charge in [0.1, 0.15) is 18.0 Å². The summed E-state index contributed by atoms with van der Waals surface area (Å²) in [5, 5.41) is 22.3. The van der Waals surface area contributed by atoms with Gasteiger partial charge in [0, 0.05) is 16.0 Å². The fraction of sp³-hybridized carbons (Fsp3) is 0.0870. The van der Waals surface area contributed by atoms with Gasteiger partial charge in [0.15, 0.2) is 11.4 Å². The van der Waals surface area contributed by atoms with E-state index in [4.69, 9.17) is 9.84 Å². The van der Waals surface area contributed by atoms with Crippen LogP contribution in [0.15, 0.2) is 60.7 Å². The standard InChI is InChI=1S/C23H18N2O5S/c1-13-17-11-18(14-7-9-16(10-8-14)30-15-5-3-2-4-6-15)31-22(17)21(28)20(25-13)23(29)24-12-19(26)27/h2-11,28H,12H2,1H3,(H,24,29)(H,26,27). The smallest absolute Gasteiger partial charge is 0.322 e. The minimum Gasteiger partial charge on any atom is -0.504 e. The zero-order valence-corrected chi connectivity index (χ0v) is 17.3. The molecule has 3 N–H and O–H groups in total. The summed E-state index contributed by atoms with van der Waals surface area (Å²) in [6, 6.07) is 19.0. The van der Waals surface area contributed by atoms with Crippen LogP contribution < -0.4 is 10.1 Å². The quantitative estimate of drug-likeness (QED) is 0.410. The first kappa shape index (κ1) is 20.4. The molecule has 2 heterocycles. The van der Waals surface area contributed by atoms with E-state index in [9.17, 15) is 14.7 Å². The van der Waals surface area contributed by atoms with Crippen LogP contribution in [0.2, 0.25) is 0 Å². The van der Waals surface area contributed by atoms with E-state index in [0.29, 0.717) is 16.1 Å². The highest BCUT2D eigenvalue weighted by molar-refractivity contribution is 7.22. The average molecular weight is 434 g/mol. The molecular weight excluding hydrogens is 416 g/mol. The molecule has 0 saturated heterocycles. The van der Waals surface area contributed by atoms with Crippen molar-refractivity contribution in [1.29, 1.82) is 0 Å². The predicted molar refractivity (Wildman–Crippen MR) is 118 cm³/mol. The van der Waals surface area contributed by atoms with Crippen molar-refractivity contribution in [2.45, 2.75) is 6.92 Å². The second kappa shape index (κ2) is 8.45. The highest BCUT2D eigenvalue weighted by Gasteiger charge is 2.20. The van der Waals surface area contributed by atoms with Crippen molar-refractivity contribution in [3.05, 3.63) is 72.1 Å². The zero-order chi connectivity index (χ0) is 22.0. The van der Waals surface area contributed by atoms with Gasteiger partial charge in [-0.2, -0.15) is 0 Å². The molecule has 0 bridgehead atoms. The Hall–Kier alpha value is -3.91. The molecule has 0 radical (unpaired) electrons. The van der Waals surface area contributed by atoms with Gasteiger partial charge in [-0.3, -0.25) is 9.59 Å². The van der Waals surface area contributed by atoms with Gasteiger partial charge in [-0.05, 0) is 55.0 Å². The summed E-state index contributed by atoms with van der Waals surface area (Å²) in [7, 11) is 0. The number of hydrogen-bond donors (Lipinski definition) is 3. The zero-order valence-electron chi connectivity index (χ0n) is 16.5. The summed E-state index contributed by atoms with van der Waals surface area (Å²) in [4.78, 5) is 28.0. The average Bonchev–Trinajstić information content (AvgIpc) is 3.22. The number of aliphatic carboxylic acids is 1. The van der Waals surface area contributed by atoms with Crippen LogP contribution in [0.3, 0.4) is 0 Å². The fourth-order valence-electron chi connectivity index (χ4n) is 3.08. The van der Waals surface area contributed by atoms with Crippen LogP contribution in [-0.4, -0.2) is 33.6 Å². The molecule has 31 heavy (non-hydrogen) atoms. The second-order valence-electron chi connectivity index (χ2n) is 6.76. The van der Waals surface area contributed by atoms with Gasteiger partial charge in [0.05, 0.1) is 4.70 Å². The third-order valence-electron chi connectivity index (χ3n) is 4.57. The number of pyridine rings is 1. The number of carbonyl (C=O) groups excluding carboxylic acids is 1. The highest BCUT2D eigenvalue weighted by atomic mass is 32.1. The van der Waals surface area contributed by atoms with Crippen molar-refractivity contribution in [3.8, 4) is 27.7 Å². The maximum Gasteiger partial charge on any atom is 0.322 e. The van der Waals surface area contributed by atoms with Crippen LogP contribution in [0.1, 0.15) is 16.2 Å². The van der Waals surface area contributed by atoms with E-state index < -0.39 is 18.4 Å². The number of carbonyl (C=O) groups is 2. The molecule has 0 aliphatic carbocycles. The van der Waals surface area contributed by atoms with Crippen LogP contribution in [0.25, 0.3) is 20.5 Å². The lowest BCUT2D eigenvalue weighted by Gasteiger charge is -2.06. The van der Waals surface area contributed by atoms with Crippen LogP contribution in [0.4, 0.5) is 0 Å². The van der Waals surface area contributed by atoms with Crippen molar-refractivity contribution < 1.29 is 24.5 Å². The fourth-order valence-corrected chi connectivity index (χ4v) is 4.24. The molecule has 7 nitrogen and oxygen atoms in total. The first-order valence-electron chi connectivity index (χ1n) is 9.39. The predicted octanol–water partition coefficient (Wildman–Crippen LogP) is 4.58. The van der Waals surface area contributed by atoms with Crippen LogP contribution >= 0.6 is 11.3 Å². The molecule has 8 heteroatoms. The Morgan fingerprint density at radius 1 is 1.06 bits per heavy atom. The van der Waals surface area contributed by atoms with Crippen LogP contribution in [0.5, 0.6) is 17.2 Å². The van der Waals surface area contributed by atoms with Crippen molar-refractivity contribution in [1.82, 2.24) is 10.3 Å². The van der Waals surface area contributed by atoms with Gasteiger partial charge >= 0.3 is 5.97 Å². The number of rotatable bonds is 6. The van der Waals surface area contributed by atoms with Crippen LogP contribution in [-0.2, 0) is 4.79 Å². The van der Waals surface area contributed by atoms with E-state index in [1.165, 1.54) is 11.3 Å². The van der Waals surface area contributed by atoms with Crippen molar-refractivity contribution in [2.24, 2.45) is 0 Å². The number of aryl methyl sites for hydroxylation is 1. The Morgan fingerprint density at radius 2 is 1.74 bits per heavy atom. The molecule has 2 aromatic heterocycles. The number of hydrogen-bond acceptors (Lipinski definition) is 6. The third kappa shape index (κ3) is 4.34. The molecule has 2 aromatic carbocycles. The van der Waals surface area contributed by atoms with Gasteiger partial charge in [-0.15, -0.1) is 11.3 Å². The van der Waals surface area contributed by atoms with Gasteiger partial charge in [-0.25, -0.2) is 4.98 Å². The van der Waals surface area contributed by atoms with Crippen LogP contribution in [0, 0.1) is 6.92 Å². The number of aromatic nitrogens is 1. The molecule has 0 atom stereocenters. The van der Waals surface area contributed by atoms with E-state index in [1.54, 1.807) is 6.92 Å². The number of fused-ring (bicyclic) bond motifs is 1. The van der Waals surface area contributed by atoms with E-state index in [1.807, 2.05) is 60.7 Å². The summed E-state index contributed by atoms with van der Waals surface area (Å²) in [6.45, 7) is 1.19. The van der Waals surface area contributed by atoms with E-state index in [-0.39, 0.29) is 11.4 Å². The largest absolute Gasteiger partial charge is 0.504 e. The number of para-hydroxylation sites is 1. The Balaban J connectivity index is 1.63. The van der Waals surface area contributed by atoms with Crippen molar-refractivity contribution in [2.75, 3.05) is 6.54 Å². The number of benzene rings is 2. The second-order valence-corrected chi connectivity index (χ2v) is 7.82. The molecule has 0 unspecified atom stereocenters. The van der Waals surface area contributed by atoms with E-state index >= 15 is 0 Å². The molecule has 4 rings (SSSR count). The Kier molecular flexibility index (Phi) is 5.55. The van der Waals surface area contributed by atoms with Gasteiger partial charge in [0.2, 0.25) is 0 Å². The monoisotopic (exact) mass is 434 g/mol. The lowest BCUT2D eigenvalue weighted by Crippen LogP contribution is -2.30. The molecule has 0 fully saturated rings. The lowest BCUT2D eigenvalue weighted by atomic mass is 10.1. The first-order valence-corrected chi connectivity index (χ1v) is 10.2.